The van der Waals surface area contributed by atoms with E-state index in [1.807, 2.05) is 10.8 Å². The van der Waals surface area contributed by atoms with Crippen molar-refractivity contribution in [3.8, 4) is 0 Å². The zero-order chi connectivity index (χ0) is 12.7. The van der Waals surface area contributed by atoms with Gasteiger partial charge in [-0.3, -0.25) is 4.90 Å². The molecule has 104 valence electrons. The molecule has 3 aliphatic heterocycles. The van der Waals surface area contributed by atoms with Gasteiger partial charge in [0.25, 0.3) is 0 Å². The summed E-state index contributed by atoms with van der Waals surface area (Å²) in [6, 6.07) is 0.971. The first kappa shape index (κ1) is 14.2. The Hall–Kier alpha value is 1.28. The zero-order valence-corrected chi connectivity index (χ0v) is 13.5. The lowest BCUT2D eigenvalue weighted by Gasteiger charge is -2.33. The maximum Gasteiger partial charge on any atom is 0.114 e. The Bertz CT molecular complexity index is 281. The van der Waals surface area contributed by atoms with Gasteiger partial charge in [0.1, 0.15) is 5.44 Å². The average Bonchev–Trinajstić information content (AvgIpc) is 3.01. The van der Waals surface area contributed by atoms with E-state index < -0.39 is 0 Å². The average molecular weight is 326 g/mol. The normalized spacial score (nSPS) is 50.2. The van der Waals surface area contributed by atoms with E-state index in [1.165, 1.54) is 6.42 Å². The molecule has 3 fully saturated rings. The minimum absolute atomic E-state index is 0.163. The van der Waals surface area contributed by atoms with E-state index >= 15 is 0 Å². The van der Waals surface area contributed by atoms with E-state index in [1.54, 1.807) is 32.4 Å². The molecule has 0 amide bonds. The quantitative estimate of drug-likeness (QED) is 0.752. The number of nitrogens with zero attached hydrogens (tertiary/aromatic N) is 1. The van der Waals surface area contributed by atoms with Crippen molar-refractivity contribution < 1.29 is 10.2 Å². The van der Waals surface area contributed by atoms with E-state index in [0.717, 1.165) is 17.9 Å². The van der Waals surface area contributed by atoms with Crippen molar-refractivity contribution in [2.75, 3.05) is 18.6 Å². The summed E-state index contributed by atoms with van der Waals surface area (Å²) < 4.78 is 0. The fourth-order valence-corrected chi connectivity index (χ4v) is 9.37. The number of hydrogen-bond donors (Lipinski definition) is 2. The number of aliphatic hydroxyl groups is 2. The molecule has 0 bridgehead atoms. The van der Waals surface area contributed by atoms with Gasteiger partial charge in [0.2, 0.25) is 0 Å². The number of likely N-dealkylation sites (tertiary alicyclic amines) is 1. The standard InChI is InChI=1S/C11H19NO2S4/c1-12-7(6-4-15-18-11(6)14)2-3-8(12)10-9(13)5-16-17-10/h6-11,13-14H,2-5H2,1H3. The molecule has 18 heavy (non-hydrogen) atoms. The molecule has 0 spiro atoms. The van der Waals surface area contributed by atoms with Gasteiger partial charge in [-0.25, -0.2) is 0 Å². The minimum atomic E-state index is -0.211. The highest BCUT2D eigenvalue weighted by Crippen LogP contribution is 2.48. The summed E-state index contributed by atoms with van der Waals surface area (Å²) in [6.45, 7) is 0. The van der Waals surface area contributed by atoms with E-state index in [2.05, 4.69) is 11.9 Å². The highest BCUT2D eigenvalue weighted by atomic mass is 33.1. The molecule has 3 aliphatic rings. The van der Waals surface area contributed by atoms with Gasteiger partial charge in [-0.2, -0.15) is 0 Å². The maximum absolute atomic E-state index is 10.0. The van der Waals surface area contributed by atoms with Crippen molar-refractivity contribution in [3.63, 3.8) is 0 Å². The predicted molar refractivity (Wildman–Crippen MR) is 84.0 cm³/mol. The summed E-state index contributed by atoms with van der Waals surface area (Å²) in [7, 11) is 9.23. The van der Waals surface area contributed by atoms with Crippen LogP contribution in [0.2, 0.25) is 0 Å². The van der Waals surface area contributed by atoms with Crippen LogP contribution in [0.5, 0.6) is 0 Å². The molecule has 6 unspecified atom stereocenters. The third-order valence-electron chi connectivity index (χ3n) is 4.27. The van der Waals surface area contributed by atoms with Crippen LogP contribution in [-0.4, -0.2) is 62.5 Å². The Morgan fingerprint density at radius 3 is 2.33 bits per heavy atom. The van der Waals surface area contributed by atoms with E-state index in [0.29, 0.717) is 23.3 Å². The lowest BCUT2D eigenvalue weighted by molar-refractivity contribution is 0.103. The van der Waals surface area contributed by atoms with Crippen LogP contribution in [0.4, 0.5) is 0 Å². The van der Waals surface area contributed by atoms with Crippen LogP contribution >= 0.6 is 43.2 Å². The van der Waals surface area contributed by atoms with Gasteiger partial charge in [0.05, 0.1) is 11.4 Å². The molecular weight excluding hydrogens is 306 g/mol. The Balaban J connectivity index is 1.66. The first-order valence-corrected chi connectivity index (χ1v) is 11.1. The summed E-state index contributed by atoms with van der Waals surface area (Å²) >= 11 is 0. The monoisotopic (exact) mass is 325 g/mol. The van der Waals surface area contributed by atoms with Crippen molar-refractivity contribution in [2.45, 2.75) is 41.7 Å². The third-order valence-corrected chi connectivity index (χ3v) is 9.83. The number of hydrogen-bond acceptors (Lipinski definition) is 7. The van der Waals surface area contributed by atoms with Crippen LogP contribution in [0.3, 0.4) is 0 Å². The summed E-state index contributed by atoms with van der Waals surface area (Å²) in [6.07, 6.45) is 2.16. The van der Waals surface area contributed by atoms with Gasteiger partial charge < -0.3 is 10.2 Å². The third kappa shape index (κ3) is 2.56. The van der Waals surface area contributed by atoms with E-state index in [4.69, 9.17) is 0 Å². The van der Waals surface area contributed by atoms with Gasteiger partial charge in [0.15, 0.2) is 0 Å². The van der Waals surface area contributed by atoms with Crippen LogP contribution in [0.1, 0.15) is 12.8 Å². The highest BCUT2D eigenvalue weighted by Gasteiger charge is 2.46. The topological polar surface area (TPSA) is 43.7 Å². The second-order valence-corrected chi connectivity index (χ2v) is 10.3. The summed E-state index contributed by atoms with van der Waals surface area (Å²) in [5, 5.41) is 20.4. The molecule has 0 aromatic carbocycles. The largest absolute Gasteiger partial charge is 0.391 e. The van der Waals surface area contributed by atoms with Crippen LogP contribution in [0, 0.1) is 5.92 Å². The molecule has 3 nitrogen and oxygen atoms in total. The molecule has 0 aliphatic carbocycles. The van der Waals surface area contributed by atoms with Crippen molar-refractivity contribution in [1.29, 1.82) is 0 Å². The Labute approximate surface area is 124 Å². The van der Waals surface area contributed by atoms with Crippen molar-refractivity contribution >= 4 is 43.2 Å². The molecular formula is C11H19NO2S4. The molecule has 6 atom stereocenters. The molecule has 3 saturated heterocycles. The Morgan fingerprint density at radius 2 is 1.72 bits per heavy atom. The number of rotatable bonds is 2. The minimum Gasteiger partial charge on any atom is -0.391 e. The second kappa shape index (κ2) is 5.95. The lowest BCUT2D eigenvalue weighted by Crippen LogP contribution is -2.46. The van der Waals surface area contributed by atoms with Gasteiger partial charge in [-0.05, 0) is 19.9 Å². The van der Waals surface area contributed by atoms with Crippen LogP contribution < -0.4 is 0 Å². The lowest BCUT2D eigenvalue weighted by atomic mass is 10.0. The molecule has 0 aromatic rings. The van der Waals surface area contributed by atoms with Gasteiger partial charge >= 0.3 is 0 Å². The first-order valence-electron chi connectivity index (χ1n) is 6.33. The van der Waals surface area contributed by atoms with Crippen molar-refractivity contribution in [2.24, 2.45) is 5.92 Å². The fourth-order valence-electron chi connectivity index (χ4n) is 3.22. The molecule has 7 heteroatoms. The van der Waals surface area contributed by atoms with Crippen LogP contribution in [0.25, 0.3) is 0 Å². The number of aliphatic hydroxyl groups excluding tert-OH is 2. The van der Waals surface area contributed by atoms with Crippen molar-refractivity contribution in [3.05, 3.63) is 0 Å². The van der Waals surface area contributed by atoms with Gasteiger partial charge in [0, 0.05) is 29.5 Å². The summed E-state index contributed by atoms with van der Waals surface area (Å²) in [5.41, 5.74) is -0.211. The SMILES string of the molecule is CN1C(C2CSSC2O)CCC1C1SSCC1O. The zero-order valence-electron chi connectivity index (χ0n) is 10.3. The highest BCUT2D eigenvalue weighted by molar-refractivity contribution is 8.77. The molecule has 3 heterocycles. The maximum atomic E-state index is 10.0. The Kier molecular flexibility index (Phi) is 4.71. The van der Waals surface area contributed by atoms with Crippen LogP contribution in [-0.2, 0) is 0 Å². The van der Waals surface area contributed by atoms with E-state index in [-0.39, 0.29) is 11.5 Å². The second-order valence-electron chi connectivity index (χ2n) is 5.23. The summed E-state index contributed by atoms with van der Waals surface area (Å²) in [5.74, 6) is 2.32. The Morgan fingerprint density at radius 1 is 1.00 bits per heavy atom. The van der Waals surface area contributed by atoms with Gasteiger partial charge in [-0.1, -0.05) is 43.2 Å². The smallest absolute Gasteiger partial charge is 0.114 e. The molecule has 0 aromatic heterocycles. The van der Waals surface area contributed by atoms with Gasteiger partial charge in [-0.15, -0.1) is 0 Å². The fraction of sp³-hybridized carbons (Fsp3) is 1.00. The van der Waals surface area contributed by atoms with Crippen LogP contribution in [0.15, 0.2) is 0 Å². The predicted octanol–water partition coefficient (Wildman–Crippen LogP) is 1.90. The van der Waals surface area contributed by atoms with Crippen molar-refractivity contribution in [1.82, 2.24) is 4.90 Å². The molecule has 0 radical (unpaired) electrons. The summed E-state index contributed by atoms with van der Waals surface area (Å²) in [4.78, 5) is 2.44. The van der Waals surface area contributed by atoms with E-state index in [9.17, 15) is 10.2 Å². The first-order chi connectivity index (χ1) is 8.68. The molecule has 2 N–H and O–H groups in total. The molecule has 3 rings (SSSR count). The molecule has 0 saturated carbocycles.